The minimum atomic E-state index is -3.37. The number of amides is 1. The third-order valence-corrected chi connectivity index (χ3v) is 6.24. The Labute approximate surface area is 124 Å². The summed E-state index contributed by atoms with van der Waals surface area (Å²) in [5, 5.41) is 11.6. The van der Waals surface area contributed by atoms with Crippen LogP contribution in [0.4, 0.5) is 0 Å². The monoisotopic (exact) mass is 318 g/mol. The van der Waals surface area contributed by atoms with Gasteiger partial charge in [-0.15, -0.1) is 0 Å². The van der Waals surface area contributed by atoms with Crippen LogP contribution in [0.3, 0.4) is 0 Å². The quantitative estimate of drug-likeness (QED) is 0.726. The molecule has 2 rings (SSSR count). The maximum Gasteiger partial charge on any atom is 0.306 e. The molecule has 1 saturated heterocycles. The molecule has 120 valence electrons. The van der Waals surface area contributed by atoms with Gasteiger partial charge in [0, 0.05) is 12.6 Å². The van der Waals surface area contributed by atoms with Crippen LogP contribution >= 0.6 is 0 Å². The van der Waals surface area contributed by atoms with Crippen LogP contribution in [0.15, 0.2) is 0 Å². The Kier molecular flexibility index (Phi) is 4.88. The molecule has 2 aliphatic rings. The van der Waals surface area contributed by atoms with Crippen molar-refractivity contribution in [3.05, 3.63) is 0 Å². The predicted molar refractivity (Wildman–Crippen MR) is 76.1 cm³/mol. The van der Waals surface area contributed by atoms with Gasteiger partial charge in [0.1, 0.15) is 6.04 Å². The number of rotatable bonds is 6. The summed E-state index contributed by atoms with van der Waals surface area (Å²) < 4.78 is 25.6. The van der Waals surface area contributed by atoms with Crippen LogP contribution in [-0.2, 0) is 19.6 Å². The van der Waals surface area contributed by atoms with Crippen molar-refractivity contribution in [1.29, 1.82) is 0 Å². The zero-order valence-electron chi connectivity index (χ0n) is 12.1. The number of carbonyl (C=O) groups is 2. The number of nitrogens with zero attached hydrogens (tertiary/aromatic N) is 1. The minimum Gasteiger partial charge on any atom is -0.481 e. The van der Waals surface area contributed by atoms with Gasteiger partial charge in [0.25, 0.3) is 0 Å². The van der Waals surface area contributed by atoms with Crippen molar-refractivity contribution in [3.8, 4) is 0 Å². The molecule has 1 saturated carbocycles. The standard InChI is InChI=1S/C13H22N2O5S/c1-2-6-21(19,20)15-5-3-4-11(15)12(16)14-10-7-9(8-10)13(17)18/h9-11H,2-8H2,1H3,(H,14,16)(H,17,18). The summed E-state index contributed by atoms with van der Waals surface area (Å²) in [6, 6.07) is -0.777. The fourth-order valence-corrected chi connectivity index (χ4v) is 4.69. The number of nitrogens with one attached hydrogen (secondary N) is 1. The molecular formula is C13H22N2O5S. The highest BCUT2D eigenvalue weighted by Gasteiger charge is 2.41. The van der Waals surface area contributed by atoms with Gasteiger partial charge in [0.2, 0.25) is 15.9 Å². The van der Waals surface area contributed by atoms with Gasteiger partial charge in [-0.3, -0.25) is 9.59 Å². The zero-order chi connectivity index (χ0) is 15.6. The third-order valence-electron chi connectivity index (χ3n) is 4.16. The Morgan fingerprint density at radius 3 is 2.57 bits per heavy atom. The first-order valence-electron chi connectivity index (χ1n) is 7.38. The number of carboxylic acids is 1. The molecule has 0 spiro atoms. The molecule has 0 aromatic rings. The van der Waals surface area contributed by atoms with Crippen molar-refractivity contribution in [3.63, 3.8) is 0 Å². The van der Waals surface area contributed by atoms with E-state index in [4.69, 9.17) is 5.11 Å². The van der Waals surface area contributed by atoms with E-state index < -0.39 is 22.0 Å². The van der Waals surface area contributed by atoms with Gasteiger partial charge in [0.05, 0.1) is 11.7 Å². The van der Waals surface area contributed by atoms with Crippen molar-refractivity contribution in [2.24, 2.45) is 5.92 Å². The Balaban J connectivity index is 1.91. The van der Waals surface area contributed by atoms with E-state index in [0.717, 1.165) is 0 Å². The van der Waals surface area contributed by atoms with Crippen molar-refractivity contribution >= 4 is 21.9 Å². The summed E-state index contributed by atoms with van der Waals surface area (Å²) in [7, 11) is -3.37. The van der Waals surface area contributed by atoms with Crippen molar-refractivity contribution in [2.75, 3.05) is 12.3 Å². The van der Waals surface area contributed by atoms with Crippen molar-refractivity contribution in [2.45, 2.75) is 51.1 Å². The van der Waals surface area contributed by atoms with E-state index in [1.54, 1.807) is 6.92 Å². The summed E-state index contributed by atoms with van der Waals surface area (Å²) in [6.45, 7) is 2.19. The summed E-state index contributed by atoms with van der Waals surface area (Å²) in [5.74, 6) is -1.46. The normalized spacial score (nSPS) is 29.9. The second kappa shape index (κ2) is 6.31. The van der Waals surface area contributed by atoms with E-state index in [1.807, 2.05) is 0 Å². The predicted octanol–water partition coefficient (Wildman–Crippen LogP) is 0.170. The molecule has 1 atom stereocenters. The largest absolute Gasteiger partial charge is 0.481 e. The van der Waals surface area contributed by atoms with E-state index in [2.05, 4.69) is 5.32 Å². The van der Waals surface area contributed by atoms with Gasteiger partial charge < -0.3 is 10.4 Å². The van der Waals surface area contributed by atoms with Gasteiger partial charge in [-0.25, -0.2) is 8.42 Å². The number of hydrogen-bond donors (Lipinski definition) is 2. The van der Waals surface area contributed by atoms with Gasteiger partial charge in [-0.05, 0) is 32.1 Å². The first-order valence-corrected chi connectivity index (χ1v) is 8.98. The number of hydrogen-bond acceptors (Lipinski definition) is 4. The molecule has 0 aromatic heterocycles. The van der Waals surface area contributed by atoms with Crippen molar-refractivity contribution in [1.82, 2.24) is 9.62 Å². The molecule has 8 heteroatoms. The van der Waals surface area contributed by atoms with Crippen LogP contribution in [0.1, 0.15) is 39.0 Å². The molecule has 1 unspecified atom stereocenters. The molecule has 7 nitrogen and oxygen atoms in total. The Morgan fingerprint density at radius 2 is 2.00 bits per heavy atom. The van der Waals surface area contributed by atoms with Crippen LogP contribution in [0.2, 0.25) is 0 Å². The zero-order valence-corrected chi connectivity index (χ0v) is 12.9. The molecule has 0 radical (unpaired) electrons. The highest BCUT2D eigenvalue weighted by atomic mass is 32.2. The van der Waals surface area contributed by atoms with E-state index in [-0.39, 0.29) is 23.6 Å². The van der Waals surface area contributed by atoms with E-state index >= 15 is 0 Å². The SMILES string of the molecule is CCCS(=O)(=O)N1CCCC1C(=O)NC1CC(C(=O)O)C1. The fraction of sp³-hybridized carbons (Fsp3) is 0.846. The molecule has 2 fully saturated rings. The molecule has 0 aromatic carbocycles. The molecule has 1 amide bonds. The second-order valence-corrected chi connectivity index (χ2v) is 7.84. The van der Waals surface area contributed by atoms with Crippen LogP contribution in [-0.4, -0.2) is 54.1 Å². The van der Waals surface area contributed by atoms with Gasteiger partial charge in [-0.1, -0.05) is 6.92 Å². The van der Waals surface area contributed by atoms with Gasteiger partial charge in [-0.2, -0.15) is 4.31 Å². The van der Waals surface area contributed by atoms with Gasteiger partial charge in [0.15, 0.2) is 0 Å². The lowest BCUT2D eigenvalue weighted by molar-refractivity contribution is -0.146. The highest BCUT2D eigenvalue weighted by Crippen LogP contribution is 2.28. The Morgan fingerprint density at radius 1 is 1.33 bits per heavy atom. The molecule has 1 heterocycles. The maximum absolute atomic E-state index is 12.2. The minimum absolute atomic E-state index is 0.0568. The molecule has 1 aliphatic heterocycles. The van der Waals surface area contributed by atoms with Crippen LogP contribution < -0.4 is 5.32 Å². The molecular weight excluding hydrogens is 296 g/mol. The summed E-state index contributed by atoms with van der Waals surface area (Å²) in [5.41, 5.74) is 0. The smallest absolute Gasteiger partial charge is 0.306 e. The molecule has 2 N–H and O–H groups in total. The Bertz CT molecular complexity index is 513. The number of aliphatic carboxylic acids is 1. The highest BCUT2D eigenvalue weighted by molar-refractivity contribution is 7.89. The van der Waals surface area contributed by atoms with Crippen LogP contribution in [0.5, 0.6) is 0 Å². The molecule has 1 aliphatic carbocycles. The Hall–Kier alpha value is -1.15. The molecule has 21 heavy (non-hydrogen) atoms. The topological polar surface area (TPSA) is 104 Å². The van der Waals surface area contributed by atoms with Crippen LogP contribution in [0.25, 0.3) is 0 Å². The first kappa shape index (κ1) is 16.2. The maximum atomic E-state index is 12.2. The third kappa shape index (κ3) is 3.55. The number of sulfonamides is 1. The van der Waals surface area contributed by atoms with E-state index in [0.29, 0.717) is 38.6 Å². The van der Waals surface area contributed by atoms with E-state index in [9.17, 15) is 18.0 Å². The first-order chi connectivity index (χ1) is 9.85. The fourth-order valence-electron chi connectivity index (χ4n) is 2.95. The number of carbonyl (C=O) groups excluding carboxylic acids is 1. The summed E-state index contributed by atoms with van der Waals surface area (Å²) >= 11 is 0. The average Bonchev–Trinajstić information content (AvgIpc) is 2.82. The van der Waals surface area contributed by atoms with Crippen LogP contribution in [0, 0.1) is 5.92 Å². The van der Waals surface area contributed by atoms with E-state index in [1.165, 1.54) is 4.31 Å². The van der Waals surface area contributed by atoms with Crippen molar-refractivity contribution < 1.29 is 23.1 Å². The summed E-state index contributed by atoms with van der Waals surface area (Å²) in [4.78, 5) is 22.9. The lowest BCUT2D eigenvalue weighted by Crippen LogP contribution is -2.53. The second-order valence-electron chi connectivity index (χ2n) is 5.80. The summed E-state index contributed by atoms with van der Waals surface area (Å²) in [6.07, 6.45) is 2.59. The lowest BCUT2D eigenvalue weighted by atomic mass is 9.80. The average molecular weight is 318 g/mol. The molecule has 0 bridgehead atoms. The lowest BCUT2D eigenvalue weighted by Gasteiger charge is -2.34. The number of carboxylic acid groups (broad SMARTS) is 1. The van der Waals surface area contributed by atoms with Gasteiger partial charge >= 0.3 is 5.97 Å².